The Bertz CT molecular complexity index is 749. The van der Waals surface area contributed by atoms with Crippen LogP contribution in [0.15, 0.2) is 34.7 Å². The van der Waals surface area contributed by atoms with Gasteiger partial charge in [0.1, 0.15) is 17.1 Å². The highest BCUT2D eigenvalue weighted by Crippen LogP contribution is 2.23. The van der Waals surface area contributed by atoms with Gasteiger partial charge < -0.3 is 14.8 Å². The topological polar surface area (TPSA) is 106 Å². The highest BCUT2D eigenvalue weighted by Gasteiger charge is 2.27. The zero-order valence-electron chi connectivity index (χ0n) is 13.1. The fraction of sp³-hybridized carbons (Fsp3) is 0.312. The molecule has 1 atom stereocenters. The third-order valence-electron chi connectivity index (χ3n) is 3.53. The second kappa shape index (κ2) is 6.21. The van der Waals surface area contributed by atoms with E-state index in [9.17, 15) is 20.0 Å². The van der Waals surface area contributed by atoms with Gasteiger partial charge in [0.15, 0.2) is 0 Å². The molecule has 0 spiro atoms. The molecule has 1 unspecified atom stereocenters. The Morgan fingerprint density at radius 3 is 2.61 bits per heavy atom. The first kappa shape index (κ1) is 16.7. The van der Waals surface area contributed by atoms with Gasteiger partial charge in [-0.3, -0.25) is 14.9 Å². The number of rotatable bonds is 5. The number of amides is 1. The minimum absolute atomic E-state index is 0.0829. The van der Waals surface area contributed by atoms with E-state index in [-0.39, 0.29) is 17.8 Å². The average Bonchev–Trinajstić information content (AvgIpc) is 2.92. The SMILES string of the molecule is Cc1ccc(C(C)(O)CNC(=O)c2ccc(C)c([N+](=O)[O-])c2)o1. The van der Waals surface area contributed by atoms with Crippen LogP contribution in [0.5, 0.6) is 0 Å². The summed E-state index contributed by atoms with van der Waals surface area (Å²) >= 11 is 0. The van der Waals surface area contributed by atoms with Crippen LogP contribution in [-0.4, -0.2) is 22.5 Å². The van der Waals surface area contributed by atoms with Gasteiger partial charge in [-0.15, -0.1) is 0 Å². The van der Waals surface area contributed by atoms with Gasteiger partial charge in [-0.2, -0.15) is 0 Å². The number of aliphatic hydroxyl groups is 1. The predicted octanol–water partition coefficient (Wildman–Crippen LogP) is 2.44. The molecule has 7 heteroatoms. The van der Waals surface area contributed by atoms with Crippen LogP contribution in [0.2, 0.25) is 0 Å². The van der Waals surface area contributed by atoms with E-state index < -0.39 is 16.4 Å². The van der Waals surface area contributed by atoms with Crippen LogP contribution in [0.25, 0.3) is 0 Å². The number of hydrogen-bond donors (Lipinski definition) is 2. The molecule has 7 nitrogen and oxygen atoms in total. The van der Waals surface area contributed by atoms with Gasteiger partial charge >= 0.3 is 0 Å². The van der Waals surface area contributed by atoms with Crippen molar-refractivity contribution in [1.29, 1.82) is 0 Å². The summed E-state index contributed by atoms with van der Waals surface area (Å²) in [5.41, 5.74) is -0.856. The number of hydrogen-bond acceptors (Lipinski definition) is 5. The summed E-state index contributed by atoms with van der Waals surface area (Å²) in [6, 6.07) is 7.59. The number of carbonyl (C=O) groups is 1. The van der Waals surface area contributed by atoms with E-state index in [0.29, 0.717) is 17.1 Å². The van der Waals surface area contributed by atoms with E-state index in [0.717, 1.165) is 0 Å². The summed E-state index contributed by atoms with van der Waals surface area (Å²) in [4.78, 5) is 22.5. The zero-order valence-corrected chi connectivity index (χ0v) is 13.1. The van der Waals surface area contributed by atoms with E-state index >= 15 is 0 Å². The van der Waals surface area contributed by atoms with Gasteiger partial charge in [-0.25, -0.2) is 0 Å². The molecule has 0 aliphatic carbocycles. The van der Waals surface area contributed by atoms with Gasteiger partial charge in [0.05, 0.1) is 11.5 Å². The molecule has 0 aliphatic rings. The fourth-order valence-electron chi connectivity index (χ4n) is 2.11. The number of carbonyl (C=O) groups excluding carboxylic acids is 1. The number of aryl methyl sites for hydroxylation is 2. The molecule has 1 heterocycles. The Hall–Kier alpha value is -2.67. The van der Waals surface area contributed by atoms with Crippen molar-refractivity contribution in [3.05, 3.63) is 63.1 Å². The van der Waals surface area contributed by atoms with Gasteiger partial charge in [-0.1, -0.05) is 6.07 Å². The van der Waals surface area contributed by atoms with Crippen LogP contribution in [0, 0.1) is 24.0 Å². The molecule has 0 saturated heterocycles. The molecule has 2 N–H and O–H groups in total. The van der Waals surface area contributed by atoms with Crippen molar-refractivity contribution < 1.29 is 19.2 Å². The molecule has 2 rings (SSSR count). The Labute approximate surface area is 133 Å². The standard InChI is InChI=1S/C16H18N2O5/c1-10-4-6-12(8-13(10)18(21)22)15(19)17-9-16(3,20)14-7-5-11(2)23-14/h4-8,20H,9H2,1-3H3,(H,17,19). The fourth-order valence-corrected chi connectivity index (χ4v) is 2.11. The largest absolute Gasteiger partial charge is 0.463 e. The Balaban J connectivity index is 2.10. The third-order valence-corrected chi connectivity index (χ3v) is 3.53. The first-order valence-electron chi connectivity index (χ1n) is 7.03. The number of nitrogens with one attached hydrogen (secondary N) is 1. The van der Waals surface area contributed by atoms with E-state index in [2.05, 4.69) is 5.32 Å². The summed E-state index contributed by atoms with van der Waals surface area (Å²) in [6.45, 7) is 4.79. The normalized spacial score (nSPS) is 13.4. The van der Waals surface area contributed by atoms with Gasteiger partial charge in [0.25, 0.3) is 11.6 Å². The Morgan fingerprint density at radius 1 is 1.35 bits per heavy atom. The van der Waals surface area contributed by atoms with Gasteiger partial charge in [0.2, 0.25) is 0 Å². The molecule has 122 valence electrons. The summed E-state index contributed by atoms with van der Waals surface area (Å²) in [7, 11) is 0. The maximum atomic E-state index is 12.1. The van der Waals surface area contributed by atoms with Crippen LogP contribution in [0.3, 0.4) is 0 Å². The van der Waals surface area contributed by atoms with E-state index in [1.807, 2.05) is 0 Å². The lowest BCUT2D eigenvalue weighted by molar-refractivity contribution is -0.385. The van der Waals surface area contributed by atoms with Crippen LogP contribution < -0.4 is 5.32 Å². The second-order valence-electron chi connectivity index (χ2n) is 5.63. The van der Waals surface area contributed by atoms with Crippen LogP contribution in [0.1, 0.15) is 34.4 Å². The predicted molar refractivity (Wildman–Crippen MR) is 83.2 cm³/mol. The molecule has 0 bridgehead atoms. The highest BCUT2D eigenvalue weighted by molar-refractivity contribution is 5.95. The third kappa shape index (κ3) is 3.75. The van der Waals surface area contributed by atoms with Crippen molar-refractivity contribution in [3.63, 3.8) is 0 Å². The lowest BCUT2D eigenvalue weighted by Gasteiger charge is -2.21. The quantitative estimate of drug-likeness (QED) is 0.650. The Kier molecular flexibility index (Phi) is 4.51. The first-order chi connectivity index (χ1) is 10.7. The minimum atomic E-state index is -1.37. The summed E-state index contributed by atoms with van der Waals surface area (Å²) in [5, 5.41) is 23.8. The molecule has 1 aromatic heterocycles. The van der Waals surface area contributed by atoms with Crippen molar-refractivity contribution in [2.24, 2.45) is 0 Å². The number of nitro benzene ring substituents is 1. The molecule has 0 saturated carbocycles. The molecule has 1 aromatic carbocycles. The van der Waals surface area contributed by atoms with Crippen LogP contribution >= 0.6 is 0 Å². The maximum absolute atomic E-state index is 12.1. The first-order valence-corrected chi connectivity index (χ1v) is 7.03. The number of nitrogens with zero attached hydrogens (tertiary/aromatic N) is 1. The summed E-state index contributed by atoms with van der Waals surface area (Å²) in [6.07, 6.45) is 0. The van der Waals surface area contributed by atoms with Crippen molar-refractivity contribution >= 4 is 11.6 Å². The lowest BCUT2D eigenvalue weighted by atomic mass is 10.0. The smallest absolute Gasteiger partial charge is 0.273 e. The van der Waals surface area contributed by atoms with Crippen molar-refractivity contribution in [3.8, 4) is 0 Å². The van der Waals surface area contributed by atoms with Crippen molar-refractivity contribution in [1.82, 2.24) is 5.32 Å². The summed E-state index contributed by atoms with van der Waals surface area (Å²) < 4.78 is 5.36. The molecule has 0 fully saturated rings. The molecule has 1 amide bonds. The Morgan fingerprint density at radius 2 is 2.04 bits per heavy atom. The summed E-state index contributed by atoms with van der Waals surface area (Å²) in [5.74, 6) is 0.489. The number of benzene rings is 1. The molecular weight excluding hydrogens is 300 g/mol. The van der Waals surface area contributed by atoms with Crippen molar-refractivity contribution in [2.45, 2.75) is 26.4 Å². The number of furan rings is 1. The van der Waals surface area contributed by atoms with Crippen molar-refractivity contribution in [2.75, 3.05) is 6.54 Å². The lowest BCUT2D eigenvalue weighted by Crippen LogP contribution is -2.38. The highest BCUT2D eigenvalue weighted by atomic mass is 16.6. The zero-order chi connectivity index (χ0) is 17.2. The molecule has 0 radical (unpaired) electrons. The maximum Gasteiger partial charge on any atom is 0.273 e. The molecular formula is C16H18N2O5. The van der Waals surface area contributed by atoms with E-state index in [4.69, 9.17) is 4.42 Å². The molecule has 0 aliphatic heterocycles. The average molecular weight is 318 g/mol. The van der Waals surface area contributed by atoms with E-state index in [1.54, 1.807) is 26.0 Å². The minimum Gasteiger partial charge on any atom is -0.463 e. The molecule has 23 heavy (non-hydrogen) atoms. The van der Waals surface area contributed by atoms with Crippen LogP contribution in [-0.2, 0) is 5.60 Å². The van der Waals surface area contributed by atoms with Crippen LogP contribution in [0.4, 0.5) is 5.69 Å². The van der Waals surface area contributed by atoms with E-state index in [1.165, 1.54) is 25.1 Å². The number of nitro groups is 1. The van der Waals surface area contributed by atoms with Gasteiger partial charge in [0, 0.05) is 17.2 Å². The second-order valence-corrected chi connectivity index (χ2v) is 5.63. The van der Waals surface area contributed by atoms with Gasteiger partial charge in [-0.05, 0) is 39.0 Å². The molecule has 2 aromatic rings. The monoisotopic (exact) mass is 318 g/mol.